The first-order valence-corrected chi connectivity index (χ1v) is 9.87. The number of halogens is 1. The van der Waals surface area contributed by atoms with E-state index in [9.17, 15) is 4.79 Å². The lowest BCUT2D eigenvalue weighted by Gasteiger charge is -2.35. The lowest BCUT2D eigenvalue weighted by Crippen LogP contribution is -2.52. The molecule has 1 aromatic rings. The van der Waals surface area contributed by atoms with Crippen molar-refractivity contribution in [2.24, 2.45) is 0 Å². The maximum absolute atomic E-state index is 12.4. The molecule has 1 N–H and O–H groups in total. The SMILES string of the molecule is CCCOc1ccc(C(=O)NC(=S)N2CCN(CCC#N)CC2)cc1Br. The summed E-state index contributed by atoms with van der Waals surface area (Å²) >= 11 is 8.82. The fourth-order valence-corrected chi connectivity index (χ4v) is 3.37. The minimum absolute atomic E-state index is 0.232. The second kappa shape index (κ2) is 10.5. The monoisotopic (exact) mass is 438 g/mol. The number of piperazine rings is 1. The number of amides is 1. The molecule has 0 spiro atoms. The van der Waals surface area contributed by atoms with Crippen LogP contribution in [0.2, 0.25) is 0 Å². The van der Waals surface area contributed by atoms with E-state index in [1.807, 2.05) is 11.8 Å². The topological polar surface area (TPSA) is 68.6 Å². The molecule has 0 unspecified atom stereocenters. The second-order valence-corrected chi connectivity index (χ2v) is 7.23. The van der Waals surface area contributed by atoms with Crippen molar-refractivity contribution in [1.29, 1.82) is 5.26 Å². The molecule has 0 bridgehead atoms. The van der Waals surface area contributed by atoms with Crippen LogP contribution in [0.25, 0.3) is 0 Å². The molecule has 26 heavy (non-hydrogen) atoms. The van der Waals surface area contributed by atoms with E-state index in [0.29, 0.717) is 23.7 Å². The van der Waals surface area contributed by atoms with Crippen LogP contribution in [0.15, 0.2) is 22.7 Å². The Hall–Kier alpha value is -1.69. The highest BCUT2D eigenvalue weighted by molar-refractivity contribution is 9.10. The molecular formula is C18H23BrN4O2S. The third-order valence-electron chi connectivity index (χ3n) is 4.08. The van der Waals surface area contributed by atoms with Crippen LogP contribution in [-0.2, 0) is 0 Å². The van der Waals surface area contributed by atoms with Crippen LogP contribution in [0, 0.1) is 11.3 Å². The largest absolute Gasteiger partial charge is 0.492 e. The lowest BCUT2D eigenvalue weighted by molar-refractivity contribution is 0.0969. The van der Waals surface area contributed by atoms with Crippen LogP contribution >= 0.6 is 28.1 Å². The summed E-state index contributed by atoms with van der Waals surface area (Å²) < 4.78 is 6.34. The summed E-state index contributed by atoms with van der Waals surface area (Å²) in [5, 5.41) is 11.9. The fourth-order valence-electron chi connectivity index (χ4n) is 2.60. The molecule has 0 radical (unpaired) electrons. The van der Waals surface area contributed by atoms with Crippen molar-refractivity contribution in [3.8, 4) is 11.8 Å². The molecule has 0 atom stereocenters. The van der Waals surface area contributed by atoms with Gasteiger partial charge in [0.2, 0.25) is 0 Å². The van der Waals surface area contributed by atoms with Gasteiger partial charge in [-0.2, -0.15) is 5.26 Å². The highest BCUT2D eigenvalue weighted by Crippen LogP contribution is 2.26. The second-order valence-electron chi connectivity index (χ2n) is 5.99. The van der Waals surface area contributed by atoms with E-state index >= 15 is 0 Å². The molecule has 1 heterocycles. The van der Waals surface area contributed by atoms with Gasteiger partial charge in [-0.05, 0) is 52.8 Å². The Labute approximate surface area is 168 Å². The maximum Gasteiger partial charge on any atom is 0.257 e. The van der Waals surface area contributed by atoms with Crippen molar-refractivity contribution in [2.45, 2.75) is 19.8 Å². The van der Waals surface area contributed by atoms with Gasteiger partial charge in [0.15, 0.2) is 5.11 Å². The average Bonchev–Trinajstić information content (AvgIpc) is 2.65. The smallest absolute Gasteiger partial charge is 0.257 e. The maximum atomic E-state index is 12.4. The predicted molar refractivity (Wildman–Crippen MR) is 108 cm³/mol. The third kappa shape index (κ3) is 5.94. The van der Waals surface area contributed by atoms with E-state index in [1.54, 1.807) is 18.2 Å². The van der Waals surface area contributed by atoms with Crippen LogP contribution < -0.4 is 10.1 Å². The number of rotatable bonds is 6. The number of ether oxygens (including phenoxy) is 1. The van der Waals surface area contributed by atoms with Crippen LogP contribution in [0.4, 0.5) is 0 Å². The molecular weight excluding hydrogens is 416 g/mol. The standard InChI is InChI=1S/C18H23BrN4O2S/c1-2-12-25-16-5-4-14(13-15(16)19)17(24)21-18(26)23-10-8-22(9-11-23)7-3-6-20/h4-5,13H,2-3,7-12H2,1H3,(H,21,24,26). The van der Waals surface area contributed by atoms with Crippen LogP contribution in [0.3, 0.4) is 0 Å². The van der Waals surface area contributed by atoms with Gasteiger partial charge in [0.1, 0.15) is 5.75 Å². The molecule has 1 aliphatic rings. The van der Waals surface area contributed by atoms with Crippen molar-refractivity contribution >= 4 is 39.2 Å². The molecule has 1 amide bonds. The number of thiocarbonyl (C=S) groups is 1. The number of nitrogens with one attached hydrogen (secondary N) is 1. The molecule has 0 saturated carbocycles. The van der Waals surface area contributed by atoms with Gasteiger partial charge in [0.05, 0.1) is 17.1 Å². The molecule has 140 valence electrons. The molecule has 1 aliphatic heterocycles. The van der Waals surface area contributed by atoms with Crippen LogP contribution in [0.5, 0.6) is 5.75 Å². The van der Waals surface area contributed by atoms with E-state index in [0.717, 1.165) is 49.4 Å². The molecule has 0 aliphatic carbocycles. The number of nitrogens with zero attached hydrogens (tertiary/aromatic N) is 3. The van der Waals surface area contributed by atoms with Gasteiger partial charge in [-0.1, -0.05) is 6.92 Å². The molecule has 8 heteroatoms. The molecule has 0 aromatic heterocycles. The van der Waals surface area contributed by atoms with E-state index in [2.05, 4.69) is 32.2 Å². The number of hydrogen-bond donors (Lipinski definition) is 1. The lowest BCUT2D eigenvalue weighted by atomic mass is 10.2. The summed E-state index contributed by atoms with van der Waals surface area (Å²) in [6.07, 6.45) is 1.46. The normalized spacial score (nSPS) is 14.6. The Bertz CT molecular complexity index is 684. The first kappa shape index (κ1) is 20.6. The summed E-state index contributed by atoms with van der Waals surface area (Å²) in [6, 6.07) is 7.41. The van der Waals surface area contributed by atoms with Crippen molar-refractivity contribution in [1.82, 2.24) is 15.1 Å². The minimum Gasteiger partial charge on any atom is -0.492 e. The zero-order valence-corrected chi connectivity index (χ0v) is 17.2. The molecule has 2 rings (SSSR count). The summed E-state index contributed by atoms with van der Waals surface area (Å²) in [7, 11) is 0. The Morgan fingerprint density at radius 2 is 2.12 bits per heavy atom. The van der Waals surface area contributed by atoms with Gasteiger partial charge in [-0.25, -0.2) is 0 Å². The quantitative estimate of drug-likeness (QED) is 0.688. The van der Waals surface area contributed by atoms with Gasteiger partial charge >= 0.3 is 0 Å². The highest BCUT2D eigenvalue weighted by atomic mass is 79.9. The van der Waals surface area contributed by atoms with Gasteiger partial charge in [0.25, 0.3) is 5.91 Å². The Morgan fingerprint density at radius 3 is 2.73 bits per heavy atom. The van der Waals surface area contributed by atoms with Gasteiger partial charge < -0.3 is 9.64 Å². The number of benzene rings is 1. The number of carbonyl (C=O) groups excluding carboxylic acids is 1. The van der Waals surface area contributed by atoms with E-state index in [1.165, 1.54) is 0 Å². The minimum atomic E-state index is -0.232. The first-order chi connectivity index (χ1) is 12.5. The molecule has 1 aromatic carbocycles. The van der Waals surface area contributed by atoms with E-state index in [4.69, 9.17) is 22.2 Å². The molecule has 1 saturated heterocycles. The number of hydrogen-bond acceptors (Lipinski definition) is 5. The van der Waals surface area contributed by atoms with E-state index in [-0.39, 0.29) is 5.91 Å². The first-order valence-electron chi connectivity index (χ1n) is 8.67. The van der Waals surface area contributed by atoms with Crippen molar-refractivity contribution in [3.63, 3.8) is 0 Å². The Balaban J connectivity index is 1.86. The molecule has 1 fully saturated rings. The predicted octanol–water partition coefficient (Wildman–Crippen LogP) is 2.78. The van der Waals surface area contributed by atoms with E-state index < -0.39 is 0 Å². The van der Waals surface area contributed by atoms with Gasteiger partial charge in [-0.15, -0.1) is 0 Å². The third-order valence-corrected chi connectivity index (χ3v) is 5.06. The summed E-state index contributed by atoms with van der Waals surface area (Å²) in [5.74, 6) is 0.490. The Kier molecular flexibility index (Phi) is 8.29. The van der Waals surface area contributed by atoms with Crippen LogP contribution in [-0.4, -0.2) is 60.2 Å². The zero-order chi connectivity index (χ0) is 18.9. The average molecular weight is 439 g/mol. The Morgan fingerprint density at radius 1 is 1.38 bits per heavy atom. The fraction of sp³-hybridized carbons (Fsp3) is 0.500. The van der Waals surface area contributed by atoms with Crippen molar-refractivity contribution in [2.75, 3.05) is 39.3 Å². The molecule has 6 nitrogen and oxygen atoms in total. The van der Waals surface area contributed by atoms with Crippen molar-refractivity contribution in [3.05, 3.63) is 28.2 Å². The summed E-state index contributed by atoms with van der Waals surface area (Å²) in [5.41, 5.74) is 0.524. The number of nitriles is 1. The number of carbonyl (C=O) groups is 1. The van der Waals surface area contributed by atoms with Gasteiger partial charge in [-0.3, -0.25) is 15.0 Å². The van der Waals surface area contributed by atoms with Crippen LogP contribution in [0.1, 0.15) is 30.1 Å². The highest BCUT2D eigenvalue weighted by Gasteiger charge is 2.20. The van der Waals surface area contributed by atoms with Crippen molar-refractivity contribution < 1.29 is 9.53 Å². The summed E-state index contributed by atoms with van der Waals surface area (Å²) in [4.78, 5) is 16.7. The summed E-state index contributed by atoms with van der Waals surface area (Å²) in [6.45, 7) is 6.63. The van der Waals surface area contributed by atoms with Gasteiger partial charge in [0, 0.05) is 44.7 Å². The zero-order valence-electron chi connectivity index (χ0n) is 14.8.